The maximum absolute atomic E-state index is 11.8. The Labute approximate surface area is 167 Å². The van der Waals surface area contributed by atoms with Crippen molar-refractivity contribution in [2.75, 3.05) is 27.9 Å². The number of carboxylic acid groups (broad SMARTS) is 1. The topological polar surface area (TPSA) is 68.2 Å². The fourth-order valence-corrected chi connectivity index (χ4v) is 4.83. The third-order valence-corrected chi connectivity index (χ3v) is 6.06. The van der Waals surface area contributed by atoms with Gasteiger partial charge in [0.15, 0.2) is 11.5 Å². The van der Waals surface area contributed by atoms with Gasteiger partial charge in [0, 0.05) is 11.4 Å². The summed E-state index contributed by atoms with van der Waals surface area (Å²) in [5, 5.41) is 9.68. The molecule has 1 aromatic heterocycles. The Morgan fingerprint density at radius 1 is 1.22 bits per heavy atom. The van der Waals surface area contributed by atoms with Crippen molar-refractivity contribution in [2.24, 2.45) is 0 Å². The van der Waals surface area contributed by atoms with Crippen molar-refractivity contribution >= 4 is 28.9 Å². The maximum atomic E-state index is 11.8. The van der Waals surface area contributed by atoms with E-state index < -0.39 is 12.0 Å². The molecule has 6 nitrogen and oxygen atoms in total. The Morgan fingerprint density at radius 2 is 1.89 bits per heavy atom. The summed E-state index contributed by atoms with van der Waals surface area (Å²) in [6.45, 7) is 0.688. The molecule has 8 heteroatoms. The van der Waals surface area contributed by atoms with E-state index in [1.807, 2.05) is 29.2 Å². The lowest BCUT2D eigenvalue weighted by molar-refractivity contribution is -0.142. The van der Waals surface area contributed by atoms with Crippen LogP contribution in [0.1, 0.15) is 29.3 Å². The van der Waals surface area contributed by atoms with Crippen molar-refractivity contribution in [1.29, 1.82) is 0 Å². The Kier molecular flexibility index (Phi) is 6.14. The molecule has 3 rings (SSSR count). The lowest BCUT2D eigenvalue weighted by Crippen LogP contribution is -2.39. The molecule has 1 N–H and O–H groups in total. The molecule has 2 unspecified atom stereocenters. The van der Waals surface area contributed by atoms with Crippen molar-refractivity contribution in [2.45, 2.75) is 24.9 Å². The van der Waals surface area contributed by atoms with Crippen molar-refractivity contribution < 1.29 is 24.1 Å². The third kappa shape index (κ3) is 3.85. The zero-order chi connectivity index (χ0) is 19.6. The molecule has 27 heavy (non-hydrogen) atoms. The van der Waals surface area contributed by atoms with Crippen LogP contribution in [-0.2, 0) is 4.79 Å². The van der Waals surface area contributed by atoms with Crippen LogP contribution in [0.15, 0.2) is 24.3 Å². The predicted octanol–water partition coefficient (Wildman–Crippen LogP) is 4.07. The van der Waals surface area contributed by atoms with E-state index in [1.54, 1.807) is 21.3 Å². The second-order valence-corrected chi connectivity index (χ2v) is 7.98. The predicted molar refractivity (Wildman–Crippen MR) is 105 cm³/mol. The van der Waals surface area contributed by atoms with Gasteiger partial charge >= 0.3 is 5.97 Å². The van der Waals surface area contributed by atoms with Crippen LogP contribution in [0.4, 0.5) is 0 Å². The molecule has 1 saturated heterocycles. The van der Waals surface area contributed by atoms with Gasteiger partial charge < -0.3 is 19.3 Å². The van der Waals surface area contributed by atoms with Crippen LogP contribution in [0.5, 0.6) is 17.2 Å². The first-order chi connectivity index (χ1) is 13.0. The zero-order valence-corrected chi connectivity index (χ0v) is 17.0. The number of hydrogen-bond acceptors (Lipinski definition) is 6. The van der Waals surface area contributed by atoms with E-state index in [0.717, 1.165) is 16.9 Å². The number of nitrogens with zero attached hydrogens (tertiary/aromatic N) is 1. The summed E-state index contributed by atoms with van der Waals surface area (Å²) in [7, 11) is 4.68. The quantitative estimate of drug-likeness (QED) is 0.740. The Hall–Kier alpha value is -1.96. The van der Waals surface area contributed by atoms with Gasteiger partial charge in [0.2, 0.25) is 5.75 Å². The molecule has 1 aliphatic rings. The van der Waals surface area contributed by atoms with Crippen LogP contribution in [0, 0.1) is 0 Å². The normalized spacial score (nSPS) is 18.3. The van der Waals surface area contributed by atoms with Gasteiger partial charge in [-0.3, -0.25) is 9.69 Å². The number of methoxy groups -OCH3 is 3. The molecule has 0 radical (unpaired) electrons. The van der Waals surface area contributed by atoms with Crippen LogP contribution in [0.3, 0.4) is 0 Å². The fourth-order valence-electron chi connectivity index (χ4n) is 3.62. The van der Waals surface area contributed by atoms with Gasteiger partial charge in [-0.1, -0.05) is 11.6 Å². The fraction of sp³-hybridized carbons (Fsp3) is 0.421. The van der Waals surface area contributed by atoms with Crippen molar-refractivity contribution in [3.8, 4) is 17.2 Å². The van der Waals surface area contributed by atoms with Gasteiger partial charge in [0.05, 0.1) is 31.7 Å². The molecule has 2 atom stereocenters. The van der Waals surface area contributed by atoms with Gasteiger partial charge in [-0.2, -0.15) is 0 Å². The first kappa shape index (κ1) is 19.8. The largest absolute Gasteiger partial charge is 0.493 e. The van der Waals surface area contributed by atoms with Crippen LogP contribution in [0.2, 0.25) is 4.34 Å². The Balaban J connectivity index is 2.15. The minimum atomic E-state index is -0.812. The molecule has 0 amide bonds. The average molecular weight is 412 g/mol. The number of rotatable bonds is 7. The highest BCUT2D eigenvalue weighted by Crippen LogP contribution is 2.45. The second kappa shape index (κ2) is 8.37. The number of likely N-dealkylation sites (tertiary alicyclic amines) is 1. The van der Waals surface area contributed by atoms with Gasteiger partial charge in [-0.25, -0.2) is 0 Å². The molecule has 0 bridgehead atoms. The summed E-state index contributed by atoms with van der Waals surface area (Å²) in [4.78, 5) is 14.8. The number of hydrogen-bond donors (Lipinski definition) is 1. The summed E-state index contributed by atoms with van der Waals surface area (Å²) in [5.41, 5.74) is 0.871. The first-order valence-corrected chi connectivity index (χ1v) is 9.73. The standard InChI is InChI=1S/C19H22ClNO5S/c1-24-13-9-11(10-14(25-2)18(13)26-3)17(15-6-7-16(20)27-15)21-8-4-5-12(21)19(22)23/h6-7,9-10,12,17H,4-5,8H2,1-3H3,(H,22,23). The Morgan fingerprint density at radius 3 is 2.37 bits per heavy atom. The highest BCUT2D eigenvalue weighted by Gasteiger charge is 2.38. The van der Waals surface area contributed by atoms with Gasteiger partial charge in [-0.15, -0.1) is 11.3 Å². The van der Waals surface area contributed by atoms with Crippen LogP contribution in [-0.4, -0.2) is 49.9 Å². The van der Waals surface area contributed by atoms with E-state index in [2.05, 4.69) is 0 Å². The van der Waals surface area contributed by atoms with Crippen molar-refractivity contribution in [1.82, 2.24) is 4.90 Å². The molecule has 0 spiro atoms. The smallest absolute Gasteiger partial charge is 0.320 e. The number of carboxylic acids is 1. The summed E-state index contributed by atoms with van der Waals surface area (Å²) >= 11 is 7.62. The van der Waals surface area contributed by atoms with Crippen LogP contribution < -0.4 is 14.2 Å². The summed E-state index contributed by atoms with van der Waals surface area (Å²) in [6, 6.07) is 6.71. The number of aliphatic carboxylic acids is 1. The lowest BCUT2D eigenvalue weighted by Gasteiger charge is -2.31. The Bertz CT molecular complexity index is 799. The molecular formula is C19H22ClNO5S. The summed E-state index contributed by atoms with van der Waals surface area (Å²) < 4.78 is 17.0. The molecule has 2 heterocycles. The minimum absolute atomic E-state index is 0.264. The highest BCUT2D eigenvalue weighted by atomic mass is 35.5. The maximum Gasteiger partial charge on any atom is 0.320 e. The number of carbonyl (C=O) groups is 1. The number of ether oxygens (including phenoxy) is 3. The van der Waals surface area contributed by atoms with E-state index in [9.17, 15) is 9.90 Å². The number of halogens is 1. The average Bonchev–Trinajstić information content (AvgIpc) is 3.30. The SMILES string of the molecule is COc1cc(C(c2ccc(Cl)s2)N2CCCC2C(=O)O)cc(OC)c1OC. The van der Waals surface area contributed by atoms with E-state index in [0.29, 0.717) is 34.6 Å². The van der Waals surface area contributed by atoms with E-state index in [1.165, 1.54) is 11.3 Å². The molecule has 146 valence electrons. The minimum Gasteiger partial charge on any atom is -0.493 e. The number of thiophene rings is 1. The van der Waals surface area contributed by atoms with Gasteiger partial charge in [-0.05, 0) is 42.7 Å². The lowest BCUT2D eigenvalue weighted by atomic mass is 10.0. The molecule has 1 aliphatic heterocycles. The van der Waals surface area contributed by atoms with Gasteiger partial charge in [0.25, 0.3) is 0 Å². The van der Waals surface area contributed by atoms with Crippen molar-refractivity contribution in [3.05, 3.63) is 39.0 Å². The van der Waals surface area contributed by atoms with Crippen molar-refractivity contribution in [3.63, 3.8) is 0 Å². The van der Waals surface area contributed by atoms with Gasteiger partial charge in [0.1, 0.15) is 6.04 Å². The van der Waals surface area contributed by atoms with Crippen LogP contribution in [0.25, 0.3) is 0 Å². The third-order valence-electron chi connectivity index (χ3n) is 4.78. The zero-order valence-electron chi connectivity index (χ0n) is 15.4. The summed E-state index contributed by atoms with van der Waals surface area (Å²) in [5.74, 6) is 0.756. The molecule has 0 saturated carbocycles. The molecule has 0 aliphatic carbocycles. The van der Waals surface area contributed by atoms with E-state index in [-0.39, 0.29) is 6.04 Å². The van der Waals surface area contributed by atoms with E-state index in [4.69, 9.17) is 25.8 Å². The molecule has 1 aromatic carbocycles. The summed E-state index contributed by atoms with van der Waals surface area (Å²) in [6.07, 6.45) is 1.45. The molecular weight excluding hydrogens is 390 g/mol. The van der Waals surface area contributed by atoms with E-state index >= 15 is 0 Å². The van der Waals surface area contributed by atoms with Crippen LogP contribution >= 0.6 is 22.9 Å². The highest BCUT2D eigenvalue weighted by molar-refractivity contribution is 7.16. The molecule has 2 aromatic rings. The first-order valence-electron chi connectivity index (χ1n) is 8.53. The monoisotopic (exact) mass is 411 g/mol. The second-order valence-electron chi connectivity index (χ2n) is 6.24. The number of benzene rings is 1. The molecule has 1 fully saturated rings.